The van der Waals surface area contributed by atoms with Crippen molar-refractivity contribution in [3.63, 3.8) is 0 Å². The zero-order chi connectivity index (χ0) is 49.0. The molecule has 0 fully saturated rings. The lowest BCUT2D eigenvalue weighted by atomic mass is 9.87. The zero-order valence-corrected chi connectivity index (χ0v) is 40.6. The van der Waals surface area contributed by atoms with E-state index in [9.17, 15) is 0 Å². The molecular formula is C69H56N2. The Balaban J connectivity index is 0.000000202. The number of anilines is 2. The van der Waals surface area contributed by atoms with E-state index in [1.807, 2.05) is 30.4 Å². The van der Waals surface area contributed by atoms with Crippen molar-refractivity contribution >= 4 is 98.8 Å². The highest BCUT2D eigenvalue weighted by molar-refractivity contribution is 6.23. The minimum Gasteiger partial charge on any atom is -0.404 e. The van der Waals surface area contributed by atoms with E-state index in [0.29, 0.717) is 0 Å². The maximum Gasteiger partial charge on any atom is 0.0463 e. The van der Waals surface area contributed by atoms with Gasteiger partial charge >= 0.3 is 0 Å². The number of benzene rings is 11. The Morgan fingerprint density at radius 3 is 1.55 bits per heavy atom. The molecule has 11 aromatic carbocycles. The molecule has 0 saturated heterocycles. The molecule has 2 heteroatoms. The fraction of sp³-hybridized carbons (Fsp3) is 0.0435. The average molecular weight is 913 g/mol. The monoisotopic (exact) mass is 912 g/mol. The molecule has 0 aromatic heterocycles. The first kappa shape index (κ1) is 45.8. The summed E-state index contributed by atoms with van der Waals surface area (Å²) < 4.78 is 0. The van der Waals surface area contributed by atoms with Crippen LogP contribution in [0.3, 0.4) is 0 Å². The number of fused-ring (bicyclic) bond motifs is 10. The molecule has 0 saturated carbocycles. The molecule has 0 spiro atoms. The summed E-state index contributed by atoms with van der Waals surface area (Å²) in [5.74, 6) is 0. The molecule has 0 aliphatic carbocycles. The molecule has 0 aliphatic rings. The maximum absolute atomic E-state index is 5.85. The summed E-state index contributed by atoms with van der Waals surface area (Å²) in [6.07, 6.45) is 11.9. The molecule has 0 bridgehead atoms. The number of hydrogen-bond donors (Lipinski definition) is 2. The Morgan fingerprint density at radius 2 is 0.944 bits per heavy atom. The second kappa shape index (κ2) is 19.9. The van der Waals surface area contributed by atoms with Gasteiger partial charge < -0.3 is 11.1 Å². The van der Waals surface area contributed by atoms with E-state index in [-0.39, 0.29) is 0 Å². The van der Waals surface area contributed by atoms with Crippen LogP contribution in [0.25, 0.3) is 98.6 Å². The Labute approximate surface area is 417 Å². The van der Waals surface area contributed by atoms with Crippen LogP contribution in [0.5, 0.6) is 0 Å². The summed E-state index contributed by atoms with van der Waals surface area (Å²) in [6, 6.07) is 69.2. The summed E-state index contributed by atoms with van der Waals surface area (Å²) in [7, 11) is 0. The van der Waals surface area contributed by atoms with E-state index >= 15 is 0 Å². The third-order valence-corrected chi connectivity index (χ3v) is 13.9. The van der Waals surface area contributed by atoms with Crippen LogP contribution in [0.2, 0.25) is 0 Å². The molecule has 0 atom stereocenters. The topological polar surface area (TPSA) is 38.0 Å². The van der Waals surface area contributed by atoms with Gasteiger partial charge in [-0.05, 0) is 184 Å². The van der Waals surface area contributed by atoms with Crippen molar-refractivity contribution in [2.45, 2.75) is 20.8 Å². The third-order valence-electron chi connectivity index (χ3n) is 13.9. The van der Waals surface area contributed by atoms with Crippen molar-refractivity contribution in [3.8, 4) is 11.1 Å². The van der Waals surface area contributed by atoms with Gasteiger partial charge in [0.15, 0.2) is 0 Å². The highest BCUT2D eigenvalue weighted by Crippen LogP contribution is 2.42. The third kappa shape index (κ3) is 8.73. The van der Waals surface area contributed by atoms with Crippen molar-refractivity contribution in [1.82, 2.24) is 0 Å². The van der Waals surface area contributed by atoms with Gasteiger partial charge in [-0.1, -0.05) is 202 Å². The molecule has 0 heterocycles. The quantitative estimate of drug-likeness (QED) is 0.106. The molecule has 11 rings (SSSR count). The number of nitrogens with one attached hydrogen (secondary N) is 1. The van der Waals surface area contributed by atoms with Crippen LogP contribution in [-0.4, -0.2) is 0 Å². The highest BCUT2D eigenvalue weighted by Gasteiger charge is 2.16. The van der Waals surface area contributed by atoms with E-state index in [1.165, 1.54) is 98.0 Å². The highest BCUT2D eigenvalue weighted by atomic mass is 14.9. The molecule has 0 amide bonds. The number of para-hydroxylation sites is 2. The van der Waals surface area contributed by atoms with Gasteiger partial charge in [0, 0.05) is 23.1 Å². The number of rotatable bonds is 10. The fourth-order valence-electron chi connectivity index (χ4n) is 10.3. The standard InChI is InChI=1S/C46H37N.C23H19N/c1-5-33(6-2)42-29-44-41-22-13-11-20-39(41)43(30-45(44)40-21-12-10-19-38(40)42)35-27-24-31(3)34(28-35)26-25-32(4)37-18-14-15-23-46(37)47-36-16-8-7-9-17-36;1-3-16(14-24)21-13-23-18-9-5-4-8-17(18)15(2)12-22(23)20-11-7-6-10-19(20)21/h5-30,47H,1,4H2,2-3H3;3-14H,1,24H2,2H3/b26-25-,33-6+;16-14+. The van der Waals surface area contributed by atoms with Gasteiger partial charge in [0.25, 0.3) is 0 Å². The number of nitrogens with two attached hydrogens (primary N) is 1. The molecule has 71 heavy (non-hydrogen) atoms. The number of aryl methyl sites for hydroxylation is 2. The second-order valence-corrected chi connectivity index (χ2v) is 18.1. The van der Waals surface area contributed by atoms with E-state index in [4.69, 9.17) is 5.73 Å². The van der Waals surface area contributed by atoms with Gasteiger partial charge in [0.1, 0.15) is 0 Å². The Bertz CT molecular complexity index is 3990. The number of allylic oxidation sites excluding steroid dienone is 7. The van der Waals surface area contributed by atoms with Crippen molar-refractivity contribution in [1.29, 1.82) is 0 Å². The first-order valence-corrected chi connectivity index (χ1v) is 24.2. The maximum atomic E-state index is 5.85. The van der Waals surface area contributed by atoms with E-state index in [0.717, 1.165) is 39.2 Å². The van der Waals surface area contributed by atoms with Crippen molar-refractivity contribution < 1.29 is 0 Å². The van der Waals surface area contributed by atoms with Gasteiger partial charge in [-0.2, -0.15) is 0 Å². The summed E-state index contributed by atoms with van der Waals surface area (Å²) in [6.45, 7) is 18.9. The molecular weight excluding hydrogens is 857 g/mol. The molecule has 0 radical (unpaired) electrons. The molecule has 342 valence electrons. The van der Waals surface area contributed by atoms with Crippen molar-refractivity contribution in [2.75, 3.05) is 5.32 Å². The first-order chi connectivity index (χ1) is 34.8. The summed E-state index contributed by atoms with van der Waals surface area (Å²) in [5, 5.41) is 18.6. The fourth-order valence-corrected chi connectivity index (χ4v) is 10.3. The van der Waals surface area contributed by atoms with Crippen LogP contribution in [0.1, 0.15) is 40.3 Å². The van der Waals surface area contributed by atoms with Crippen molar-refractivity contribution in [2.24, 2.45) is 5.73 Å². The molecule has 2 nitrogen and oxygen atoms in total. The van der Waals surface area contributed by atoms with Crippen LogP contribution < -0.4 is 11.1 Å². The molecule has 3 N–H and O–H groups in total. The molecule has 11 aromatic rings. The lowest BCUT2D eigenvalue weighted by Crippen LogP contribution is -1.94. The Kier molecular flexibility index (Phi) is 12.9. The van der Waals surface area contributed by atoms with Gasteiger partial charge in [0.05, 0.1) is 0 Å². The van der Waals surface area contributed by atoms with Gasteiger partial charge in [-0.25, -0.2) is 0 Å². The minimum atomic E-state index is 0.951. The predicted octanol–water partition coefficient (Wildman–Crippen LogP) is 19.1. The first-order valence-electron chi connectivity index (χ1n) is 24.2. The predicted molar refractivity (Wildman–Crippen MR) is 313 cm³/mol. The lowest BCUT2D eigenvalue weighted by Gasteiger charge is -2.17. The van der Waals surface area contributed by atoms with Crippen LogP contribution in [0.15, 0.2) is 244 Å². The molecule has 0 unspecified atom stereocenters. The van der Waals surface area contributed by atoms with Crippen molar-refractivity contribution in [3.05, 3.63) is 278 Å². The van der Waals surface area contributed by atoms with Crippen LogP contribution in [0, 0.1) is 13.8 Å². The number of hydrogen-bond acceptors (Lipinski definition) is 2. The summed E-state index contributed by atoms with van der Waals surface area (Å²) in [4.78, 5) is 0. The summed E-state index contributed by atoms with van der Waals surface area (Å²) >= 11 is 0. The second-order valence-electron chi connectivity index (χ2n) is 18.1. The van der Waals surface area contributed by atoms with Crippen LogP contribution in [0.4, 0.5) is 11.4 Å². The average Bonchev–Trinajstić information content (AvgIpc) is 3.42. The molecule has 0 aliphatic heterocycles. The smallest absolute Gasteiger partial charge is 0.0463 e. The zero-order valence-electron chi connectivity index (χ0n) is 40.6. The summed E-state index contributed by atoms with van der Waals surface area (Å²) in [5.41, 5.74) is 20.5. The lowest BCUT2D eigenvalue weighted by molar-refractivity contribution is 1.44. The Hall–Kier alpha value is -8.98. The van der Waals surface area contributed by atoms with Gasteiger partial charge in [0.2, 0.25) is 0 Å². The van der Waals surface area contributed by atoms with Crippen LogP contribution >= 0.6 is 0 Å². The van der Waals surface area contributed by atoms with Gasteiger partial charge in [-0.3, -0.25) is 0 Å². The van der Waals surface area contributed by atoms with Crippen LogP contribution in [-0.2, 0) is 0 Å². The SMILES string of the molecule is C=C/C(=C\C)c1cc2c3ccccc3c(-c3ccc(C)c(/C=C\C(=C)c4ccccc4Nc4ccccc4)c3)cc2c2ccccc12.C=C/C(=C\N)c1cc2c3ccccc3c(C)cc2c2ccccc12. The normalized spacial score (nSPS) is 11.9. The van der Waals surface area contributed by atoms with E-state index in [2.05, 4.69) is 240 Å². The van der Waals surface area contributed by atoms with E-state index < -0.39 is 0 Å². The Morgan fingerprint density at radius 1 is 0.451 bits per heavy atom. The largest absolute Gasteiger partial charge is 0.404 e. The minimum absolute atomic E-state index is 0.951. The van der Waals surface area contributed by atoms with Gasteiger partial charge in [-0.15, -0.1) is 0 Å². The van der Waals surface area contributed by atoms with E-state index in [1.54, 1.807) is 6.20 Å².